The Kier molecular flexibility index (Phi) is 7.17. The van der Waals surface area contributed by atoms with Crippen molar-refractivity contribution in [1.29, 1.82) is 0 Å². The van der Waals surface area contributed by atoms with Crippen molar-refractivity contribution in [3.8, 4) is 11.1 Å². The van der Waals surface area contributed by atoms with Gasteiger partial charge in [0.2, 0.25) is 0 Å². The molecular formula is C23H25N3O5. The highest BCUT2D eigenvalue weighted by Gasteiger charge is 2.23. The highest BCUT2D eigenvalue weighted by molar-refractivity contribution is 5.92. The summed E-state index contributed by atoms with van der Waals surface area (Å²) >= 11 is 0. The maximum absolute atomic E-state index is 12.6. The number of nitrogens with one attached hydrogen (secondary N) is 2. The van der Waals surface area contributed by atoms with Crippen LogP contribution in [0.1, 0.15) is 41.2 Å². The number of amides is 1. The second kappa shape index (κ2) is 10.0. The summed E-state index contributed by atoms with van der Waals surface area (Å²) < 4.78 is 0. The Morgan fingerprint density at radius 1 is 1.03 bits per heavy atom. The molecule has 0 aliphatic carbocycles. The second-order valence-electron chi connectivity index (χ2n) is 7.41. The predicted molar refractivity (Wildman–Crippen MR) is 114 cm³/mol. The quantitative estimate of drug-likeness (QED) is 0.358. The first-order valence-electron chi connectivity index (χ1n) is 9.93. The maximum Gasteiger partial charge on any atom is 0.332 e. The molecular weight excluding hydrogens is 398 g/mol. The van der Waals surface area contributed by atoms with Crippen molar-refractivity contribution in [2.75, 3.05) is 0 Å². The number of aromatic amines is 1. The standard InChI is InChI=1S/C23H25N3O5/c1-14(27)19-13-20(26-25-19)22(29)24-18(12-21(28)23(30)31)11-15-7-9-17(10-8-15)16-5-3-2-4-6-16/h2-10,13-14,18,21,27-28H,11-12H2,1H3,(H,24,29)(H,25,26)(H,30,31)/t14-,18+,21+/m0/s1. The second-order valence-corrected chi connectivity index (χ2v) is 7.41. The van der Waals surface area contributed by atoms with Crippen LogP contribution in [0, 0.1) is 0 Å². The largest absolute Gasteiger partial charge is 0.479 e. The summed E-state index contributed by atoms with van der Waals surface area (Å²) in [6, 6.07) is 18.4. The van der Waals surface area contributed by atoms with E-state index < -0.39 is 30.1 Å². The van der Waals surface area contributed by atoms with Gasteiger partial charge in [-0.25, -0.2) is 4.79 Å². The van der Waals surface area contributed by atoms with Crippen molar-refractivity contribution >= 4 is 11.9 Å². The van der Waals surface area contributed by atoms with Crippen LogP contribution in [0.3, 0.4) is 0 Å². The van der Waals surface area contributed by atoms with Crippen LogP contribution in [-0.2, 0) is 11.2 Å². The lowest BCUT2D eigenvalue weighted by Gasteiger charge is -2.20. The van der Waals surface area contributed by atoms with E-state index in [0.29, 0.717) is 12.1 Å². The van der Waals surface area contributed by atoms with Gasteiger partial charge in [-0.05, 0) is 36.1 Å². The molecule has 0 radical (unpaired) electrons. The number of aliphatic hydroxyl groups excluding tert-OH is 2. The van der Waals surface area contributed by atoms with E-state index in [1.807, 2.05) is 54.6 Å². The smallest absolute Gasteiger partial charge is 0.332 e. The van der Waals surface area contributed by atoms with E-state index >= 15 is 0 Å². The molecule has 1 amide bonds. The van der Waals surface area contributed by atoms with Crippen LogP contribution in [0.2, 0.25) is 0 Å². The zero-order chi connectivity index (χ0) is 22.4. The Morgan fingerprint density at radius 2 is 1.68 bits per heavy atom. The lowest BCUT2D eigenvalue weighted by atomic mass is 9.97. The molecule has 3 atom stereocenters. The molecule has 3 rings (SSSR count). The van der Waals surface area contributed by atoms with Crippen LogP contribution in [0.4, 0.5) is 0 Å². The number of carboxylic acid groups (broad SMARTS) is 1. The molecule has 31 heavy (non-hydrogen) atoms. The SMILES string of the molecule is C[C@H](O)c1cc(C(=O)N[C@H](Cc2ccc(-c3ccccc3)cc2)C[C@@H](O)C(=O)O)[nH]n1. The van der Waals surface area contributed by atoms with Crippen LogP contribution in [-0.4, -0.2) is 49.5 Å². The topological polar surface area (TPSA) is 136 Å². The normalized spacial score (nSPS) is 13.9. The third-order valence-corrected chi connectivity index (χ3v) is 4.94. The van der Waals surface area contributed by atoms with E-state index in [1.165, 1.54) is 13.0 Å². The fourth-order valence-electron chi connectivity index (χ4n) is 3.24. The summed E-state index contributed by atoms with van der Waals surface area (Å²) in [5, 5.41) is 37.6. The Balaban J connectivity index is 1.73. The number of hydrogen-bond donors (Lipinski definition) is 5. The number of H-pyrrole nitrogens is 1. The number of carbonyl (C=O) groups is 2. The van der Waals surface area contributed by atoms with Crippen molar-refractivity contribution in [2.24, 2.45) is 0 Å². The van der Waals surface area contributed by atoms with Gasteiger partial charge in [-0.2, -0.15) is 5.10 Å². The van der Waals surface area contributed by atoms with Gasteiger partial charge in [0.1, 0.15) is 5.69 Å². The van der Waals surface area contributed by atoms with E-state index in [1.54, 1.807) is 0 Å². The van der Waals surface area contributed by atoms with Crippen LogP contribution in [0.25, 0.3) is 11.1 Å². The minimum Gasteiger partial charge on any atom is -0.479 e. The fraction of sp³-hybridized carbons (Fsp3) is 0.261. The summed E-state index contributed by atoms with van der Waals surface area (Å²) in [6.07, 6.45) is -2.25. The van der Waals surface area contributed by atoms with Crippen LogP contribution >= 0.6 is 0 Å². The highest BCUT2D eigenvalue weighted by atomic mass is 16.4. The number of hydrogen-bond acceptors (Lipinski definition) is 5. The number of carbonyl (C=O) groups excluding carboxylic acids is 1. The molecule has 5 N–H and O–H groups in total. The third-order valence-electron chi connectivity index (χ3n) is 4.94. The van der Waals surface area contributed by atoms with Gasteiger partial charge in [-0.1, -0.05) is 54.6 Å². The van der Waals surface area contributed by atoms with Crippen molar-refractivity contribution < 1.29 is 24.9 Å². The first-order valence-corrected chi connectivity index (χ1v) is 9.93. The Labute approximate surface area is 179 Å². The van der Waals surface area contributed by atoms with Gasteiger partial charge in [0.05, 0.1) is 11.8 Å². The van der Waals surface area contributed by atoms with Crippen molar-refractivity contribution in [3.05, 3.63) is 77.6 Å². The molecule has 3 aromatic rings. The molecule has 0 spiro atoms. The molecule has 8 heteroatoms. The Hall–Kier alpha value is -3.49. The number of carboxylic acids is 1. The molecule has 0 saturated heterocycles. The molecule has 0 aliphatic rings. The predicted octanol–water partition coefficient (Wildman–Crippen LogP) is 2.31. The first-order chi connectivity index (χ1) is 14.8. The van der Waals surface area contributed by atoms with Crippen LogP contribution in [0.15, 0.2) is 60.7 Å². The minimum absolute atomic E-state index is 0.144. The van der Waals surface area contributed by atoms with E-state index in [-0.39, 0.29) is 12.1 Å². The Morgan fingerprint density at radius 3 is 2.26 bits per heavy atom. The number of aromatic nitrogens is 2. The van der Waals surface area contributed by atoms with Gasteiger partial charge in [0.15, 0.2) is 6.10 Å². The lowest BCUT2D eigenvalue weighted by Crippen LogP contribution is -2.40. The first kappa shape index (κ1) is 22.2. The molecule has 0 saturated carbocycles. The molecule has 1 heterocycles. The van der Waals surface area contributed by atoms with E-state index in [9.17, 15) is 19.8 Å². The molecule has 0 aliphatic heterocycles. The van der Waals surface area contributed by atoms with Crippen molar-refractivity contribution in [2.45, 2.75) is 38.0 Å². The average Bonchev–Trinajstić information content (AvgIpc) is 3.25. The molecule has 0 bridgehead atoms. The molecule has 0 unspecified atom stereocenters. The number of nitrogens with zero attached hydrogens (tertiary/aromatic N) is 1. The summed E-state index contributed by atoms with van der Waals surface area (Å²) in [4.78, 5) is 23.7. The molecule has 1 aromatic heterocycles. The summed E-state index contributed by atoms with van der Waals surface area (Å²) in [7, 11) is 0. The molecule has 8 nitrogen and oxygen atoms in total. The molecule has 2 aromatic carbocycles. The zero-order valence-electron chi connectivity index (χ0n) is 17.0. The third kappa shape index (κ3) is 6.00. The highest BCUT2D eigenvalue weighted by Crippen LogP contribution is 2.20. The van der Waals surface area contributed by atoms with E-state index in [2.05, 4.69) is 15.5 Å². The monoisotopic (exact) mass is 423 g/mol. The van der Waals surface area contributed by atoms with Gasteiger partial charge in [0, 0.05) is 12.5 Å². The van der Waals surface area contributed by atoms with Gasteiger partial charge in [0.25, 0.3) is 5.91 Å². The maximum atomic E-state index is 12.6. The number of aliphatic carboxylic acids is 1. The van der Waals surface area contributed by atoms with Gasteiger partial charge < -0.3 is 20.6 Å². The van der Waals surface area contributed by atoms with Gasteiger partial charge in [-0.3, -0.25) is 9.89 Å². The average molecular weight is 423 g/mol. The van der Waals surface area contributed by atoms with E-state index in [4.69, 9.17) is 5.11 Å². The minimum atomic E-state index is -1.61. The Bertz CT molecular complexity index is 1020. The molecule has 0 fully saturated rings. The number of rotatable bonds is 9. The van der Waals surface area contributed by atoms with E-state index in [0.717, 1.165) is 16.7 Å². The van der Waals surface area contributed by atoms with Gasteiger partial charge in [-0.15, -0.1) is 0 Å². The summed E-state index contributed by atoms with van der Waals surface area (Å²) in [5.41, 5.74) is 3.47. The van der Waals surface area contributed by atoms with Crippen LogP contribution in [0.5, 0.6) is 0 Å². The van der Waals surface area contributed by atoms with Crippen molar-refractivity contribution in [3.63, 3.8) is 0 Å². The number of benzene rings is 2. The fourth-order valence-corrected chi connectivity index (χ4v) is 3.24. The number of aliphatic hydroxyl groups is 2. The summed E-state index contributed by atoms with van der Waals surface area (Å²) in [5.74, 6) is -1.85. The van der Waals surface area contributed by atoms with Gasteiger partial charge >= 0.3 is 5.97 Å². The summed E-state index contributed by atoms with van der Waals surface area (Å²) in [6.45, 7) is 1.53. The zero-order valence-corrected chi connectivity index (χ0v) is 17.0. The lowest BCUT2D eigenvalue weighted by molar-refractivity contribution is -0.147. The molecule has 162 valence electrons. The van der Waals surface area contributed by atoms with Crippen LogP contribution < -0.4 is 5.32 Å². The van der Waals surface area contributed by atoms with Crippen molar-refractivity contribution in [1.82, 2.24) is 15.5 Å².